The van der Waals surface area contributed by atoms with Crippen LogP contribution < -0.4 is 14.4 Å². The van der Waals surface area contributed by atoms with Gasteiger partial charge in [0.2, 0.25) is 0 Å². The van der Waals surface area contributed by atoms with Gasteiger partial charge in [0, 0.05) is 11.1 Å². The zero-order valence-corrected chi connectivity index (χ0v) is 19.3. The fourth-order valence-electron chi connectivity index (χ4n) is 3.59. The van der Waals surface area contributed by atoms with Crippen LogP contribution in [0.4, 0.5) is 11.4 Å². The number of carbonyl (C=O) groups is 2. The zero-order chi connectivity index (χ0) is 24.3. The van der Waals surface area contributed by atoms with Gasteiger partial charge in [0.05, 0.1) is 41.8 Å². The summed E-state index contributed by atoms with van der Waals surface area (Å²) in [5.41, 5.74) is 1.36. The number of carbonyl (C=O) groups excluding carboxylic acids is 2. The number of nitrogens with zero attached hydrogens (tertiary/aromatic N) is 1. The molecule has 0 saturated heterocycles. The van der Waals surface area contributed by atoms with Crippen molar-refractivity contribution in [1.29, 1.82) is 0 Å². The van der Waals surface area contributed by atoms with E-state index in [2.05, 4.69) is 4.72 Å². The molecule has 174 valence electrons. The number of ether oxygens (including phenoxy) is 2. The van der Waals surface area contributed by atoms with Crippen LogP contribution in [0.1, 0.15) is 22.8 Å². The van der Waals surface area contributed by atoms with Crippen molar-refractivity contribution in [1.82, 2.24) is 0 Å². The van der Waals surface area contributed by atoms with Crippen molar-refractivity contribution < 1.29 is 27.5 Å². The third-order valence-corrected chi connectivity index (χ3v) is 6.55. The maximum atomic E-state index is 13.3. The Balaban J connectivity index is 1.75. The molecule has 0 bridgehead atoms. The van der Waals surface area contributed by atoms with E-state index in [9.17, 15) is 18.0 Å². The summed E-state index contributed by atoms with van der Waals surface area (Å²) in [5.74, 6) is -0.809. The van der Waals surface area contributed by atoms with Gasteiger partial charge in [-0.15, -0.1) is 0 Å². The van der Waals surface area contributed by atoms with Crippen molar-refractivity contribution in [3.63, 3.8) is 0 Å². The summed E-state index contributed by atoms with van der Waals surface area (Å²) >= 11 is 0. The number of hydrogen-bond donors (Lipinski definition) is 1. The Kier molecular flexibility index (Phi) is 6.38. The predicted molar refractivity (Wildman–Crippen MR) is 128 cm³/mol. The van der Waals surface area contributed by atoms with Crippen molar-refractivity contribution in [3.05, 3.63) is 90.2 Å². The molecule has 0 aliphatic carbocycles. The molecule has 1 aliphatic rings. The smallest absolute Gasteiger partial charge is 0.269 e. The molecule has 0 spiro atoms. The van der Waals surface area contributed by atoms with Gasteiger partial charge in [0.25, 0.3) is 21.8 Å². The third-order valence-electron chi connectivity index (χ3n) is 5.19. The number of benzene rings is 3. The first-order valence-corrected chi connectivity index (χ1v) is 11.9. The number of rotatable bonds is 7. The van der Waals surface area contributed by atoms with Gasteiger partial charge in [0.15, 0.2) is 0 Å². The molecule has 34 heavy (non-hydrogen) atoms. The Labute approximate surface area is 197 Å². The Bertz CT molecular complexity index is 1400. The minimum atomic E-state index is -4.05. The number of nitrogens with one attached hydrogen (secondary N) is 1. The number of anilines is 2. The van der Waals surface area contributed by atoms with Gasteiger partial charge in [0.1, 0.15) is 5.75 Å². The summed E-state index contributed by atoms with van der Waals surface area (Å²) in [4.78, 5) is 27.4. The lowest BCUT2D eigenvalue weighted by molar-refractivity contribution is -0.113. The minimum absolute atomic E-state index is 0.120. The van der Waals surface area contributed by atoms with Gasteiger partial charge in [-0.1, -0.05) is 36.4 Å². The normalized spacial score (nSPS) is 14.6. The van der Waals surface area contributed by atoms with Crippen molar-refractivity contribution in [2.24, 2.45) is 0 Å². The first kappa shape index (κ1) is 23.1. The van der Waals surface area contributed by atoms with Gasteiger partial charge in [-0.2, -0.15) is 0 Å². The monoisotopic (exact) mass is 478 g/mol. The zero-order valence-electron chi connectivity index (χ0n) is 18.5. The van der Waals surface area contributed by atoms with Crippen LogP contribution in [0.2, 0.25) is 0 Å². The average Bonchev–Trinajstić information content (AvgIpc) is 2.84. The van der Waals surface area contributed by atoms with Crippen molar-refractivity contribution >= 4 is 38.8 Å². The molecule has 0 atom stereocenters. The van der Waals surface area contributed by atoms with E-state index in [0.717, 1.165) is 4.90 Å². The fourth-order valence-corrected chi connectivity index (χ4v) is 4.70. The molecule has 0 aromatic heterocycles. The Morgan fingerprint density at radius 2 is 1.62 bits per heavy atom. The Hall–Kier alpha value is -4.11. The topological polar surface area (TPSA) is 102 Å². The first-order valence-electron chi connectivity index (χ1n) is 10.4. The van der Waals surface area contributed by atoms with E-state index >= 15 is 0 Å². The molecule has 0 unspecified atom stereocenters. The van der Waals surface area contributed by atoms with Gasteiger partial charge < -0.3 is 9.47 Å². The van der Waals surface area contributed by atoms with E-state index in [0.29, 0.717) is 23.5 Å². The number of para-hydroxylation sites is 2. The molecule has 0 saturated carbocycles. The molecular weight excluding hydrogens is 456 g/mol. The summed E-state index contributed by atoms with van der Waals surface area (Å²) in [5, 5.41) is 0. The van der Waals surface area contributed by atoms with Crippen LogP contribution in [0.5, 0.6) is 5.75 Å². The van der Waals surface area contributed by atoms with Gasteiger partial charge in [-0.3, -0.25) is 14.3 Å². The number of hydrogen-bond acceptors (Lipinski definition) is 6. The highest BCUT2D eigenvalue weighted by Gasteiger charge is 2.36. The van der Waals surface area contributed by atoms with E-state index in [-0.39, 0.29) is 21.8 Å². The second-order valence-electron chi connectivity index (χ2n) is 7.28. The molecule has 3 aromatic carbocycles. The number of amides is 2. The van der Waals surface area contributed by atoms with E-state index in [1.165, 1.54) is 37.6 Å². The van der Waals surface area contributed by atoms with E-state index in [4.69, 9.17) is 9.47 Å². The van der Waals surface area contributed by atoms with Crippen LogP contribution >= 0.6 is 0 Å². The molecule has 0 radical (unpaired) electrons. The molecule has 3 aromatic rings. The number of sulfonamides is 1. The predicted octanol–water partition coefficient (Wildman–Crippen LogP) is 4.06. The van der Waals surface area contributed by atoms with Gasteiger partial charge in [-0.05, 0) is 43.3 Å². The van der Waals surface area contributed by atoms with E-state index < -0.39 is 21.8 Å². The first-order chi connectivity index (χ1) is 16.4. The molecular formula is C25H22N2O6S. The van der Waals surface area contributed by atoms with E-state index in [1.807, 2.05) is 0 Å². The molecule has 8 nitrogen and oxygen atoms in total. The second kappa shape index (κ2) is 9.40. The van der Waals surface area contributed by atoms with Crippen molar-refractivity contribution in [3.8, 4) is 5.75 Å². The average molecular weight is 479 g/mol. The van der Waals surface area contributed by atoms with E-state index in [1.54, 1.807) is 55.5 Å². The van der Waals surface area contributed by atoms with Crippen LogP contribution in [-0.2, 0) is 19.6 Å². The molecule has 1 aliphatic heterocycles. The fraction of sp³-hybridized carbons (Fsp3) is 0.120. The Morgan fingerprint density at radius 1 is 0.912 bits per heavy atom. The maximum Gasteiger partial charge on any atom is 0.269 e. The van der Waals surface area contributed by atoms with Crippen LogP contribution in [0, 0.1) is 0 Å². The third kappa shape index (κ3) is 4.25. The lowest BCUT2D eigenvalue weighted by atomic mass is 9.94. The van der Waals surface area contributed by atoms with Gasteiger partial charge in [-0.25, -0.2) is 13.3 Å². The standard InChI is InChI=1S/C25H22N2O6S/c1-3-33-16-21-19-11-4-5-12-20(19)24(28)27(25(21)29)17-9-8-10-18(15-17)34(30,31)26-22-13-6-7-14-23(22)32-2/h4-16,26H,3H2,1-2H3. The summed E-state index contributed by atoms with van der Waals surface area (Å²) in [6, 6.07) is 18.9. The van der Waals surface area contributed by atoms with Crippen LogP contribution in [0.15, 0.2) is 84.0 Å². The van der Waals surface area contributed by atoms with Crippen molar-refractivity contribution in [2.45, 2.75) is 11.8 Å². The molecule has 9 heteroatoms. The summed E-state index contributed by atoms with van der Waals surface area (Å²) in [6.07, 6.45) is 1.32. The summed E-state index contributed by atoms with van der Waals surface area (Å²) in [6.45, 7) is 2.12. The number of imide groups is 1. The van der Waals surface area contributed by atoms with Crippen LogP contribution in [0.3, 0.4) is 0 Å². The number of methoxy groups -OCH3 is 1. The highest BCUT2D eigenvalue weighted by Crippen LogP contribution is 2.33. The quantitative estimate of drug-likeness (QED) is 0.312. The molecule has 0 fully saturated rings. The minimum Gasteiger partial charge on any atom is -0.501 e. The largest absolute Gasteiger partial charge is 0.501 e. The highest BCUT2D eigenvalue weighted by molar-refractivity contribution is 7.92. The maximum absolute atomic E-state index is 13.3. The van der Waals surface area contributed by atoms with Crippen LogP contribution in [0.25, 0.3) is 5.57 Å². The molecule has 1 heterocycles. The number of fused-ring (bicyclic) bond motifs is 1. The second-order valence-corrected chi connectivity index (χ2v) is 8.96. The highest BCUT2D eigenvalue weighted by atomic mass is 32.2. The Morgan fingerprint density at radius 3 is 2.35 bits per heavy atom. The molecule has 1 N–H and O–H groups in total. The molecule has 4 rings (SSSR count). The van der Waals surface area contributed by atoms with Gasteiger partial charge >= 0.3 is 0 Å². The lowest BCUT2D eigenvalue weighted by Gasteiger charge is -2.28. The molecule has 2 amide bonds. The lowest BCUT2D eigenvalue weighted by Crippen LogP contribution is -2.42. The SMILES string of the molecule is CCOC=C1C(=O)N(c2cccc(S(=O)(=O)Nc3ccccc3OC)c2)C(=O)c2ccccc21. The van der Waals surface area contributed by atoms with Crippen LogP contribution in [-0.4, -0.2) is 33.9 Å². The van der Waals surface area contributed by atoms with Crippen molar-refractivity contribution in [2.75, 3.05) is 23.3 Å². The summed E-state index contributed by atoms with van der Waals surface area (Å²) in [7, 11) is -2.61. The summed E-state index contributed by atoms with van der Waals surface area (Å²) < 4.78 is 39.2.